The van der Waals surface area contributed by atoms with Gasteiger partial charge in [-0.3, -0.25) is 0 Å². The molecule has 0 aliphatic carbocycles. The highest BCUT2D eigenvalue weighted by Crippen LogP contribution is 2.15. The van der Waals surface area contributed by atoms with Crippen LogP contribution in [-0.2, 0) is 16.4 Å². The molecule has 112 valence electrons. The predicted molar refractivity (Wildman–Crippen MR) is 78.7 cm³/mol. The van der Waals surface area contributed by atoms with Gasteiger partial charge < -0.3 is 15.1 Å². The molecular weight excluding hydrogens is 292 g/mol. The number of rotatable bonds is 5. The van der Waals surface area contributed by atoms with Crippen LogP contribution < -0.4 is 10.6 Å². The standard InChI is InChI=1S/C14H16N2O4S/c1-2-21(18,19)13-7-5-11(6-8-13)16-14(17)15-10-12-4-3-9-20-12/h3-9H,2,10H2,1H3,(H2,15,16,17). The van der Waals surface area contributed by atoms with Crippen LogP contribution in [0.3, 0.4) is 0 Å². The Morgan fingerprint density at radius 3 is 2.48 bits per heavy atom. The second-order valence-electron chi connectivity index (χ2n) is 4.31. The lowest BCUT2D eigenvalue weighted by Gasteiger charge is -2.07. The SMILES string of the molecule is CCS(=O)(=O)c1ccc(NC(=O)NCc2ccco2)cc1. The third kappa shape index (κ3) is 4.09. The van der Waals surface area contributed by atoms with Crippen molar-refractivity contribution < 1.29 is 17.6 Å². The molecule has 0 atom stereocenters. The van der Waals surface area contributed by atoms with Crippen molar-refractivity contribution in [1.29, 1.82) is 0 Å². The molecule has 6 nitrogen and oxygen atoms in total. The van der Waals surface area contributed by atoms with Crippen LogP contribution in [0, 0.1) is 0 Å². The summed E-state index contributed by atoms with van der Waals surface area (Å²) in [6.45, 7) is 1.87. The highest BCUT2D eigenvalue weighted by molar-refractivity contribution is 7.91. The van der Waals surface area contributed by atoms with Crippen molar-refractivity contribution in [2.45, 2.75) is 18.4 Å². The van der Waals surface area contributed by atoms with Crippen LogP contribution in [0.4, 0.5) is 10.5 Å². The van der Waals surface area contributed by atoms with Crippen molar-refractivity contribution in [3.8, 4) is 0 Å². The van der Waals surface area contributed by atoms with Crippen molar-refractivity contribution in [2.75, 3.05) is 11.1 Å². The molecule has 2 rings (SSSR count). The van der Waals surface area contributed by atoms with Crippen LogP contribution >= 0.6 is 0 Å². The maximum absolute atomic E-state index is 11.7. The summed E-state index contributed by atoms with van der Waals surface area (Å²) >= 11 is 0. The number of benzene rings is 1. The number of sulfone groups is 1. The molecule has 0 aliphatic heterocycles. The number of nitrogens with one attached hydrogen (secondary N) is 2. The van der Waals surface area contributed by atoms with E-state index in [2.05, 4.69) is 10.6 Å². The topological polar surface area (TPSA) is 88.4 Å². The average molecular weight is 308 g/mol. The van der Waals surface area contributed by atoms with Crippen molar-refractivity contribution in [2.24, 2.45) is 0 Å². The minimum absolute atomic E-state index is 0.0450. The molecule has 0 saturated carbocycles. The van der Waals surface area contributed by atoms with Gasteiger partial charge in [0.15, 0.2) is 9.84 Å². The fourth-order valence-electron chi connectivity index (χ4n) is 1.67. The van der Waals surface area contributed by atoms with E-state index in [-0.39, 0.29) is 17.2 Å². The van der Waals surface area contributed by atoms with E-state index in [1.807, 2.05) is 0 Å². The predicted octanol–water partition coefficient (Wildman–Crippen LogP) is 2.39. The summed E-state index contributed by atoms with van der Waals surface area (Å²) < 4.78 is 28.4. The summed E-state index contributed by atoms with van der Waals surface area (Å²) in [6, 6.07) is 9.15. The van der Waals surface area contributed by atoms with Crippen LogP contribution in [0.2, 0.25) is 0 Å². The van der Waals surface area contributed by atoms with Gasteiger partial charge in [-0.05, 0) is 36.4 Å². The highest BCUT2D eigenvalue weighted by atomic mass is 32.2. The van der Waals surface area contributed by atoms with Gasteiger partial charge in [0.05, 0.1) is 23.5 Å². The molecular formula is C14H16N2O4S. The molecule has 0 aliphatic rings. The molecule has 0 spiro atoms. The smallest absolute Gasteiger partial charge is 0.319 e. The van der Waals surface area contributed by atoms with E-state index in [1.54, 1.807) is 31.2 Å². The first-order valence-electron chi connectivity index (χ1n) is 6.41. The van der Waals surface area contributed by atoms with Crippen LogP contribution in [0.15, 0.2) is 52.0 Å². The second-order valence-corrected chi connectivity index (χ2v) is 6.59. The lowest BCUT2D eigenvalue weighted by molar-refractivity contribution is 0.251. The Hall–Kier alpha value is -2.28. The Balaban J connectivity index is 1.92. The van der Waals surface area contributed by atoms with Gasteiger partial charge in [0.2, 0.25) is 0 Å². The van der Waals surface area contributed by atoms with Crippen LogP contribution in [-0.4, -0.2) is 20.2 Å². The monoisotopic (exact) mass is 308 g/mol. The zero-order valence-electron chi connectivity index (χ0n) is 11.5. The van der Waals surface area contributed by atoms with Crippen molar-refractivity contribution >= 4 is 21.6 Å². The molecule has 1 aromatic carbocycles. The number of hydrogen-bond acceptors (Lipinski definition) is 4. The van der Waals surface area contributed by atoms with Gasteiger partial charge in [-0.2, -0.15) is 0 Å². The third-order valence-electron chi connectivity index (χ3n) is 2.85. The van der Waals surface area contributed by atoms with Gasteiger partial charge in [0, 0.05) is 5.69 Å². The summed E-state index contributed by atoms with van der Waals surface area (Å²) in [4.78, 5) is 11.9. The molecule has 21 heavy (non-hydrogen) atoms. The quantitative estimate of drug-likeness (QED) is 0.887. The Morgan fingerprint density at radius 2 is 1.90 bits per heavy atom. The van der Waals surface area contributed by atoms with Gasteiger partial charge in [-0.1, -0.05) is 6.92 Å². The van der Waals surface area contributed by atoms with Crippen molar-refractivity contribution in [3.63, 3.8) is 0 Å². The number of carbonyl (C=O) groups excluding carboxylic acids is 1. The lowest BCUT2D eigenvalue weighted by atomic mass is 10.3. The largest absolute Gasteiger partial charge is 0.467 e. The summed E-state index contributed by atoms with van der Waals surface area (Å²) in [5, 5.41) is 5.24. The van der Waals surface area contributed by atoms with E-state index in [1.165, 1.54) is 18.4 Å². The molecule has 2 aromatic rings. The zero-order valence-corrected chi connectivity index (χ0v) is 12.3. The van der Waals surface area contributed by atoms with E-state index in [4.69, 9.17) is 4.42 Å². The normalized spacial score (nSPS) is 11.1. The zero-order chi connectivity index (χ0) is 15.3. The maximum Gasteiger partial charge on any atom is 0.319 e. The molecule has 2 N–H and O–H groups in total. The van der Waals surface area contributed by atoms with Gasteiger partial charge >= 0.3 is 6.03 Å². The molecule has 2 amide bonds. The van der Waals surface area contributed by atoms with E-state index in [9.17, 15) is 13.2 Å². The molecule has 0 radical (unpaired) electrons. The molecule has 0 unspecified atom stereocenters. The fraction of sp³-hybridized carbons (Fsp3) is 0.214. The molecule has 1 heterocycles. The van der Waals surface area contributed by atoms with E-state index in [0.717, 1.165) is 0 Å². The van der Waals surface area contributed by atoms with Crippen LogP contribution in [0.1, 0.15) is 12.7 Å². The second kappa shape index (κ2) is 6.45. The first-order valence-corrected chi connectivity index (χ1v) is 8.06. The number of furan rings is 1. The lowest BCUT2D eigenvalue weighted by Crippen LogP contribution is -2.27. The van der Waals surface area contributed by atoms with E-state index >= 15 is 0 Å². The minimum atomic E-state index is -3.22. The van der Waals surface area contributed by atoms with Gasteiger partial charge in [0.25, 0.3) is 0 Å². The average Bonchev–Trinajstić information content (AvgIpc) is 2.99. The molecule has 7 heteroatoms. The number of urea groups is 1. The number of hydrogen-bond donors (Lipinski definition) is 2. The fourth-order valence-corrected chi connectivity index (χ4v) is 2.55. The first-order chi connectivity index (χ1) is 10.0. The number of amides is 2. The number of carbonyl (C=O) groups is 1. The van der Waals surface area contributed by atoms with Crippen LogP contribution in [0.25, 0.3) is 0 Å². The Bertz CT molecular complexity index is 691. The third-order valence-corrected chi connectivity index (χ3v) is 4.61. The van der Waals surface area contributed by atoms with Crippen molar-refractivity contribution in [3.05, 3.63) is 48.4 Å². The first kappa shape index (κ1) is 15.1. The van der Waals surface area contributed by atoms with Crippen LogP contribution in [0.5, 0.6) is 0 Å². The molecule has 0 fully saturated rings. The highest BCUT2D eigenvalue weighted by Gasteiger charge is 2.11. The molecule has 0 bridgehead atoms. The maximum atomic E-state index is 11.7. The summed E-state index contributed by atoms with van der Waals surface area (Å²) in [6.07, 6.45) is 1.53. The van der Waals surface area contributed by atoms with E-state index < -0.39 is 15.9 Å². The Morgan fingerprint density at radius 1 is 1.19 bits per heavy atom. The van der Waals surface area contributed by atoms with Crippen molar-refractivity contribution in [1.82, 2.24) is 5.32 Å². The Kier molecular flexibility index (Phi) is 4.64. The summed E-state index contributed by atoms with van der Waals surface area (Å²) in [7, 11) is -3.22. The van der Waals surface area contributed by atoms with E-state index in [0.29, 0.717) is 11.4 Å². The number of anilines is 1. The van der Waals surface area contributed by atoms with Gasteiger partial charge in [-0.15, -0.1) is 0 Å². The molecule has 0 saturated heterocycles. The summed E-state index contributed by atoms with van der Waals surface area (Å²) in [5.41, 5.74) is 0.516. The minimum Gasteiger partial charge on any atom is -0.467 e. The van der Waals surface area contributed by atoms with Gasteiger partial charge in [-0.25, -0.2) is 13.2 Å². The Labute approximate surface area is 123 Å². The molecule has 1 aromatic heterocycles. The summed E-state index contributed by atoms with van der Waals surface area (Å²) in [5.74, 6) is 0.693. The van der Waals surface area contributed by atoms with Gasteiger partial charge in [0.1, 0.15) is 5.76 Å².